The summed E-state index contributed by atoms with van der Waals surface area (Å²) in [6, 6.07) is 0.455. The van der Waals surface area contributed by atoms with E-state index in [0.29, 0.717) is 6.04 Å². The van der Waals surface area contributed by atoms with Crippen LogP contribution in [0, 0.1) is 17.6 Å². The predicted octanol–water partition coefficient (Wildman–Crippen LogP) is 3.88. The van der Waals surface area contributed by atoms with Gasteiger partial charge in [-0.1, -0.05) is 19.3 Å². The predicted molar refractivity (Wildman–Crippen MR) is 79.9 cm³/mol. The van der Waals surface area contributed by atoms with Crippen molar-refractivity contribution in [3.63, 3.8) is 0 Å². The zero-order valence-corrected chi connectivity index (χ0v) is 12.8. The van der Waals surface area contributed by atoms with Gasteiger partial charge in [-0.3, -0.25) is 9.25 Å². The minimum Gasteiger partial charge on any atom is -0.328 e. The van der Waals surface area contributed by atoms with Gasteiger partial charge in [0.1, 0.15) is 5.52 Å². The van der Waals surface area contributed by atoms with E-state index in [1.807, 2.05) is 18.7 Å². The van der Waals surface area contributed by atoms with E-state index in [9.17, 15) is 0 Å². The Morgan fingerprint density at radius 3 is 2.68 bits per heavy atom. The van der Waals surface area contributed by atoms with Crippen molar-refractivity contribution in [2.24, 2.45) is 13.0 Å². The third-order valence-electron chi connectivity index (χ3n) is 4.61. The zero-order chi connectivity index (χ0) is 13.6. The van der Waals surface area contributed by atoms with Crippen LogP contribution in [0.5, 0.6) is 0 Å². The van der Waals surface area contributed by atoms with Crippen molar-refractivity contribution >= 4 is 23.4 Å². The highest BCUT2D eigenvalue weighted by atomic mass is 32.1. The summed E-state index contributed by atoms with van der Waals surface area (Å²) in [6.07, 6.45) is 6.77. The Morgan fingerprint density at radius 2 is 2.00 bits per heavy atom. The minimum atomic E-state index is 0.455. The molecule has 0 aliphatic heterocycles. The molecule has 0 saturated heterocycles. The molecule has 2 heterocycles. The Balaban J connectivity index is 2.08. The number of nitrogens with one attached hydrogen (secondary N) is 1. The van der Waals surface area contributed by atoms with Crippen molar-refractivity contribution < 1.29 is 0 Å². The standard InChI is InChI=1S/C14H22N4S/c1-9-12-13(17(3)16-9)18(14(19)15-12)10(2)11-7-5-4-6-8-11/h10-11H,4-8H2,1-3H3,(H,15,19). The van der Waals surface area contributed by atoms with Crippen LogP contribution < -0.4 is 0 Å². The van der Waals surface area contributed by atoms with E-state index in [1.165, 1.54) is 32.1 Å². The molecule has 4 nitrogen and oxygen atoms in total. The first-order valence-corrected chi connectivity index (χ1v) is 7.64. The van der Waals surface area contributed by atoms with Crippen LogP contribution in [0.3, 0.4) is 0 Å². The summed E-state index contributed by atoms with van der Waals surface area (Å²) < 4.78 is 5.07. The minimum absolute atomic E-state index is 0.455. The fourth-order valence-corrected chi connectivity index (χ4v) is 3.89. The molecule has 0 bridgehead atoms. The smallest absolute Gasteiger partial charge is 0.179 e. The summed E-state index contributed by atoms with van der Waals surface area (Å²) in [5.41, 5.74) is 3.26. The SMILES string of the molecule is Cc1nn(C)c2c1[nH]c(=S)n2C(C)C1CCCCC1. The zero-order valence-electron chi connectivity index (χ0n) is 11.9. The van der Waals surface area contributed by atoms with E-state index in [2.05, 4.69) is 21.6 Å². The second kappa shape index (κ2) is 4.78. The van der Waals surface area contributed by atoms with Gasteiger partial charge in [-0.25, -0.2) is 0 Å². The third kappa shape index (κ3) is 2.04. The molecule has 0 aromatic carbocycles. The van der Waals surface area contributed by atoms with E-state index in [-0.39, 0.29) is 0 Å². The molecule has 3 rings (SSSR count). The highest BCUT2D eigenvalue weighted by molar-refractivity contribution is 7.71. The Hall–Kier alpha value is -1.10. The lowest BCUT2D eigenvalue weighted by atomic mass is 9.84. The normalized spacial score (nSPS) is 19.1. The van der Waals surface area contributed by atoms with Gasteiger partial charge in [0.2, 0.25) is 0 Å². The molecule has 2 aromatic heterocycles. The van der Waals surface area contributed by atoms with Crippen LogP contribution in [0.2, 0.25) is 0 Å². The Bertz CT molecular complexity index is 642. The summed E-state index contributed by atoms with van der Waals surface area (Å²) >= 11 is 5.54. The van der Waals surface area contributed by atoms with Crippen molar-refractivity contribution in [1.29, 1.82) is 0 Å². The molecular weight excluding hydrogens is 256 g/mol. The maximum atomic E-state index is 5.54. The van der Waals surface area contributed by atoms with Gasteiger partial charge in [0.25, 0.3) is 0 Å². The molecule has 104 valence electrons. The average Bonchev–Trinajstić information content (AvgIpc) is 2.88. The highest BCUT2D eigenvalue weighted by Crippen LogP contribution is 2.34. The van der Waals surface area contributed by atoms with Crippen molar-refractivity contribution in [3.8, 4) is 0 Å². The van der Waals surface area contributed by atoms with Crippen LogP contribution in [0.25, 0.3) is 11.2 Å². The molecule has 5 heteroatoms. The van der Waals surface area contributed by atoms with Crippen LogP contribution in [0.15, 0.2) is 0 Å². The van der Waals surface area contributed by atoms with Gasteiger partial charge in [0, 0.05) is 13.1 Å². The molecule has 0 amide bonds. The number of aromatic nitrogens is 4. The first-order valence-electron chi connectivity index (χ1n) is 7.23. The van der Waals surface area contributed by atoms with Gasteiger partial charge in [-0.15, -0.1) is 0 Å². The second-order valence-corrected chi connectivity index (χ2v) is 6.23. The quantitative estimate of drug-likeness (QED) is 0.847. The molecule has 1 fully saturated rings. The molecule has 0 spiro atoms. The van der Waals surface area contributed by atoms with Crippen LogP contribution in [0.4, 0.5) is 0 Å². The maximum absolute atomic E-state index is 5.54. The molecule has 1 N–H and O–H groups in total. The van der Waals surface area contributed by atoms with Crippen molar-refractivity contribution in [3.05, 3.63) is 10.5 Å². The van der Waals surface area contributed by atoms with Gasteiger partial charge in [-0.2, -0.15) is 5.10 Å². The van der Waals surface area contributed by atoms with E-state index >= 15 is 0 Å². The maximum Gasteiger partial charge on any atom is 0.179 e. The number of rotatable bonds is 2. The highest BCUT2D eigenvalue weighted by Gasteiger charge is 2.25. The van der Waals surface area contributed by atoms with Gasteiger partial charge in [0.15, 0.2) is 10.4 Å². The van der Waals surface area contributed by atoms with Gasteiger partial charge < -0.3 is 4.98 Å². The molecule has 2 aromatic rings. The number of hydrogen-bond donors (Lipinski definition) is 1. The number of imidazole rings is 1. The van der Waals surface area contributed by atoms with Crippen LogP contribution in [-0.4, -0.2) is 19.3 Å². The van der Waals surface area contributed by atoms with E-state index < -0.39 is 0 Å². The fourth-order valence-electron chi connectivity index (χ4n) is 3.54. The molecule has 1 aliphatic carbocycles. The lowest BCUT2D eigenvalue weighted by molar-refractivity contribution is 0.265. The van der Waals surface area contributed by atoms with Crippen molar-refractivity contribution in [1.82, 2.24) is 19.3 Å². The molecule has 1 saturated carbocycles. The molecule has 1 aliphatic rings. The second-order valence-electron chi connectivity index (χ2n) is 5.85. The summed E-state index contributed by atoms with van der Waals surface area (Å²) in [5, 5.41) is 4.50. The number of fused-ring (bicyclic) bond motifs is 1. The number of nitrogens with zero attached hydrogens (tertiary/aromatic N) is 3. The number of H-pyrrole nitrogens is 1. The largest absolute Gasteiger partial charge is 0.328 e. The summed E-state index contributed by atoms with van der Waals surface area (Å²) in [5.74, 6) is 0.745. The van der Waals surface area contributed by atoms with Gasteiger partial charge >= 0.3 is 0 Å². The average molecular weight is 278 g/mol. The number of aryl methyl sites for hydroxylation is 2. The molecule has 1 unspecified atom stereocenters. The molecule has 19 heavy (non-hydrogen) atoms. The monoisotopic (exact) mass is 278 g/mol. The summed E-state index contributed by atoms with van der Waals surface area (Å²) in [6.45, 7) is 4.34. The van der Waals surface area contributed by atoms with E-state index in [0.717, 1.165) is 27.5 Å². The van der Waals surface area contributed by atoms with E-state index in [1.54, 1.807) is 0 Å². The Morgan fingerprint density at radius 1 is 1.32 bits per heavy atom. The summed E-state index contributed by atoms with van der Waals surface area (Å²) in [7, 11) is 2.00. The van der Waals surface area contributed by atoms with E-state index in [4.69, 9.17) is 12.2 Å². The first-order chi connectivity index (χ1) is 9.09. The topological polar surface area (TPSA) is 38.5 Å². The van der Waals surface area contributed by atoms with Gasteiger partial charge in [0.05, 0.1) is 5.69 Å². The van der Waals surface area contributed by atoms with Crippen molar-refractivity contribution in [2.45, 2.75) is 52.0 Å². The molecule has 1 atom stereocenters. The van der Waals surface area contributed by atoms with Crippen LogP contribution in [0.1, 0.15) is 50.8 Å². The molecular formula is C14H22N4S. The first kappa shape index (κ1) is 12.9. The van der Waals surface area contributed by atoms with Crippen LogP contribution >= 0.6 is 12.2 Å². The van der Waals surface area contributed by atoms with Gasteiger partial charge in [-0.05, 0) is 44.8 Å². The number of hydrogen-bond acceptors (Lipinski definition) is 2. The number of aromatic amines is 1. The molecule has 0 radical (unpaired) electrons. The third-order valence-corrected chi connectivity index (χ3v) is 4.91. The lowest BCUT2D eigenvalue weighted by Crippen LogP contribution is -2.20. The summed E-state index contributed by atoms with van der Waals surface area (Å²) in [4.78, 5) is 3.33. The van der Waals surface area contributed by atoms with Crippen LogP contribution in [-0.2, 0) is 7.05 Å². The lowest BCUT2D eigenvalue weighted by Gasteiger charge is -2.28. The fraction of sp³-hybridized carbons (Fsp3) is 0.714. The van der Waals surface area contributed by atoms with Crippen molar-refractivity contribution in [2.75, 3.05) is 0 Å². The Kier molecular flexibility index (Phi) is 3.25. The Labute approximate surface area is 118 Å².